The molecule has 0 bridgehead atoms. The van der Waals surface area contributed by atoms with Gasteiger partial charge >= 0.3 is 5.97 Å². The van der Waals surface area contributed by atoms with Gasteiger partial charge in [0.2, 0.25) is 0 Å². The molecule has 0 aliphatic carbocycles. The first-order chi connectivity index (χ1) is 7.05. The lowest BCUT2D eigenvalue weighted by molar-refractivity contribution is -0.176. The molecule has 0 amide bonds. The third kappa shape index (κ3) is 1.88. The number of cyclic esters (lactones) is 1. The van der Waals surface area contributed by atoms with Crippen molar-refractivity contribution in [1.82, 2.24) is 9.80 Å². The Morgan fingerprint density at radius 1 is 1.53 bits per heavy atom. The number of fused-ring (bicyclic) bond motifs is 1. The molecule has 0 saturated carbocycles. The van der Waals surface area contributed by atoms with Crippen molar-refractivity contribution in [1.29, 1.82) is 0 Å². The Bertz CT molecular complexity index is 270. The minimum absolute atomic E-state index is 0.0990. The maximum atomic E-state index is 11.6. The molecule has 2 aliphatic heterocycles. The van der Waals surface area contributed by atoms with Crippen molar-refractivity contribution in [3.63, 3.8) is 0 Å². The van der Waals surface area contributed by atoms with E-state index < -0.39 is 5.54 Å². The Morgan fingerprint density at radius 3 is 2.93 bits per heavy atom. The number of thiol groups is 1. The van der Waals surface area contributed by atoms with Gasteiger partial charge in [-0.05, 0) is 13.8 Å². The summed E-state index contributed by atoms with van der Waals surface area (Å²) in [7, 11) is 0. The summed E-state index contributed by atoms with van der Waals surface area (Å²) in [6.45, 7) is 7.26. The Labute approximate surface area is 96.0 Å². The standard InChI is InChI=1S/C10H18N2O2S/c1-10(2)9(13)14-6-8-5-11(7-15)3-4-12(8)10/h8,15H,3-7H2,1-2H3. The van der Waals surface area contributed by atoms with Crippen LogP contribution >= 0.6 is 12.6 Å². The van der Waals surface area contributed by atoms with Crippen LogP contribution in [0.5, 0.6) is 0 Å². The summed E-state index contributed by atoms with van der Waals surface area (Å²) in [5.74, 6) is 0.677. The van der Waals surface area contributed by atoms with Gasteiger partial charge in [-0.15, -0.1) is 0 Å². The number of morpholine rings is 1. The van der Waals surface area contributed by atoms with E-state index in [1.165, 1.54) is 0 Å². The molecule has 2 heterocycles. The molecule has 5 heteroatoms. The molecule has 0 aromatic carbocycles. The van der Waals surface area contributed by atoms with Crippen molar-refractivity contribution < 1.29 is 9.53 Å². The topological polar surface area (TPSA) is 32.8 Å². The molecule has 2 rings (SSSR count). The molecule has 15 heavy (non-hydrogen) atoms. The third-order valence-electron chi connectivity index (χ3n) is 3.39. The number of rotatable bonds is 1. The van der Waals surface area contributed by atoms with Gasteiger partial charge in [0.15, 0.2) is 0 Å². The number of carbonyl (C=O) groups excluding carboxylic acids is 1. The predicted molar refractivity (Wildman–Crippen MR) is 61.0 cm³/mol. The Morgan fingerprint density at radius 2 is 2.27 bits per heavy atom. The van der Waals surface area contributed by atoms with Crippen LogP contribution in [0.3, 0.4) is 0 Å². The zero-order chi connectivity index (χ0) is 11.1. The van der Waals surface area contributed by atoms with Crippen LogP contribution in [0.1, 0.15) is 13.8 Å². The van der Waals surface area contributed by atoms with Crippen LogP contribution in [0.2, 0.25) is 0 Å². The monoisotopic (exact) mass is 230 g/mol. The molecule has 2 aliphatic rings. The average Bonchev–Trinajstić information content (AvgIpc) is 2.23. The second-order valence-corrected chi connectivity index (χ2v) is 5.01. The van der Waals surface area contributed by atoms with Gasteiger partial charge in [-0.3, -0.25) is 14.6 Å². The normalized spacial score (nSPS) is 32.2. The number of carbonyl (C=O) groups is 1. The smallest absolute Gasteiger partial charge is 0.326 e. The molecular weight excluding hydrogens is 212 g/mol. The van der Waals surface area contributed by atoms with E-state index in [2.05, 4.69) is 22.4 Å². The van der Waals surface area contributed by atoms with Crippen LogP contribution in [0, 0.1) is 0 Å². The van der Waals surface area contributed by atoms with E-state index >= 15 is 0 Å². The van der Waals surface area contributed by atoms with E-state index in [1.54, 1.807) is 0 Å². The summed E-state index contributed by atoms with van der Waals surface area (Å²) in [5.41, 5.74) is -0.467. The van der Waals surface area contributed by atoms with E-state index in [9.17, 15) is 4.79 Å². The summed E-state index contributed by atoms with van der Waals surface area (Å²) in [6, 6.07) is 0.332. The highest BCUT2D eigenvalue weighted by molar-refractivity contribution is 7.80. The largest absolute Gasteiger partial charge is 0.463 e. The third-order valence-corrected chi connectivity index (χ3v) is 3.79. The number of ether oxygens (including phenoxy) is 1. The summed E-state index contributed by atoms with van der Waals surface area (Å²) in [6.07, 6.45) is 0. The van der Waals surface area contributed by atoms with Crippen LogP contribution in [-0.4, -0.2) is 59.5 Å². The molecule has 0 spiro atoms. The number of hydrogen-bond acceptors (Lipinski definition) is 5. The maximum absolute atomic E-state index is 11.6. The SMILES string of the molecule is CC1(C)C(=O)OCC2CN(CS)CCN21. The minimum Gasteiger partial charge on any atom is -0.463 e. The number of piperazine rings is 1. The summed E-state index contributed by atoms with van der Waals surface area (Å²) in [5, 5.41) is 0. The van der Waals surface area contributed by atoms with Crippen LogP contribution in [0.15, 0.2) is 0 Å². The highest BCUT2D eigenvalue weighted by atomic mass is 32.1. The highest BCUT2D eigenvalue weighted by Gasteiger charge is 2.46. The van der Waals surface area contributed by atoms with Gasteiger partial charge in [0, 0.05) is 25.5 Å². The molecule has 0 radical (unpaired) electrons. The van der Waals surface area contributed by atoms with E-state index in [1.807, 2.05) is 13.8 Å². The molecule has 0 N–H and O–H groups in total. The summed E-state index contributed by atoms with van der Waals surface area (Å²) < 4.78 is 5.22. The zero-order valence-electron chi connectivity index (χ0n) is 9.27. The van der Waals surface area contributed by atoms with Crippen molar-refractivity contribution in [2.24, 2.45) is 0 Å². The summed E-state index contributed by atoms with van der Waals surface area (Å²) in [4.78, 5) is 16.2. The number of esters is 1. The average molecular weight is 230 g/mol. The molecule has 1 unspecified atom stereocenters. The van der Waals surface area contributed by atoms with Gasteiger partial charge < -0.3 is 4.74 Å². The molecule has 4 nitrogen and oxygen atoms in total. The Kier molecular flexibility index (Phi) is 2.96. The van der Waals surface area contributed by atoms with Gasteiger partial charge in [0.1, 0.15) is 12.1 Å². The number of nitrogens with zero attached hydrogens (tertiary/aromatic N) is 2. The zero-order valence-corrected chi connectivity index (χ0v) is 10.2. The van der Waals surface area contributed by atoms with E-state index in [0.29, 0.717) is 12.6 Å². The fourth-order valence-electron chi connectivity index (χ4n) is 2.39. The molecule has 0 aromatic rings. The van der Waals surface area contributed by atoms with Gasteiger partial charge in [0.25, 0.3) is 0 Å². The van der Waals surface area contributed by atoms with E-state index in [-0.39, 0.29) is 5.97 Å². The highest BCUT2D eigenvalue weighted by Crippen LogP contribution is 2.27. The minimum atomic E-state index is -0.467. The Hall–Kier alpha value is -0.260. The predicted octanol–water partition coefficient (Wildman–Crippen LogP) is 0.195. The Balaban J connectivity index is 2.11. The first kappa shape index (κ1) is 11.2. The quantitative estimate of drug-likeness (QED) is 0.515. The van der Waals surface area contributed by atoms with Crippen LogP contribution in [0.25, 0.3) is 0 Å². The van der Waals surface area contributed by atoms with E-state index in [0.717, 1.165) is 25.5 Å². The van der Waals surface area contributed by atoms with Crippen LogP contribution in [-0.2, 0) is 9.53 Å². The lowest BCUT2D eigenvalue weighted by Gasteiger charge is -2.50. The van der Waals surface area contributed by atoms with Gasteiger partial charge in [-0.1, -0.05) is 0 Å². The molecule has 0 aromatic heterocycles. The lowest BCUT2D eigenvalue weighted by atomic mass is 9.96. The van der Waals surface area contributed by atoms with Crippen molar-refractivity contribution >= 4 is 18.6 Å². The maximum Gasteiger partial charge on any atom is 0.326 e. The van der Waals surface area contributed by atoms with Crippen molar-refractivity contribution in [2.75, 3.05) is 32.1 Å². The molecule has 1 atom stereocenters. The van der Waals surface area contributed by atoms with Gasteiger partial charge in [0.05, 0.1) is 6.04 Å². The van der Waals surface area contributed by atoms with Crippen molar-refractivity contribution in [2.45, 2.75) is 25.4 Å². The van der Waals surface area contributed by atoms with Crippen LogP contribution < -0.4 is 0 Å². The number of hydrogen-bond donors (Lipinski definition) is 1. The molecular formula is C10H18N2O2S. The van der Waals surface area contributed by atoms with Gasteiger partial charge in [-0.25, -0.2) is 0 Å². The molecule has 86 valence electrons. The van der Waals surface area contributed by atoms with Crippen molar-refractivity contribution in [3.05, 3.63) is 0 Å². The fourth-order valence-corrected chi connectivity index (χ4v) is 2.65. The van der Waals surface area contributed by atoms with E-state index in [4.69, 9.17) is 4.74 Å². The van der Waals surface area contributed by atoms with Gasteiger partial charge in [-0.2, -0.15) is 12.6 Å². The second kappa shape index (κ2) is 3.96. The second-order valence-electron chi connectivity index (χ2n) is 4.72. The summed E-state index contributed by atoms with van der Waals surface area (Å²) >= 11 is 4.28. The fraction of sp³-hybridized carbons (Fsp3) is 0.900. The molecule has 2 saturated heterocycles. The lowest BCUT2D eigenvalue weighted by Crippen LogP contribution is -2.67. The molecule has 2 fully saturated rings. The van der Waals surface area contributed by atoms with Crippen molar-refractivity contribution in [3.8, 4) is 0 Å². The first-order valence-electron chi connectivity index (χ1n) is 5.33. The first-order valence-corrected chi connectivity index (χ1v) is 5.96. The van der Waals surface area contributed by atoms with Crippen LogP contribution in [0.4, 0.5) is 0 Å².